The lowest BCUT2D eigenvalue weighted by molar-refractivity contribution is -0.150. The quantitative estimate of drug-likeness (QED) is 0.275. The predicted molar refractivity (Wildman–Crippen MR) is 151 cm³/mol. The summed E-state index contributed by atoms with van der Waals surface area (Å²) in [6.07, 6.45) is 3.31. The van der Waals surface area contributed by atoms with Crippen LogP contribution < -0.4 is 14.2 Å². The smallest absolute Gasteiger partial charge is 0.311 e. The van der Waals surface area contributed by atoms with E-state index in [0.717, 1.165) is 36.1 Å². The number of benzene rings is 2. The first-order chi connectivity index (χ1) is 19.5. The van der Waals surface area contributed by atoms with Crippen molar-refractivity contribution in [3.8, 4) is 17.2 Å². The number of hydrogen-bond donors (Lipinski definition) is 1. The number of nitrogens with zero attached hydrogens (tertiary/aromatic N) is 2. The number of unbranched alkanes of at least 4 members (excludes halogenated alkanes) is 2. The van der Waals surface area contributed by atoms with Gasteiger partial charge in [-0.15, -0.1) is 0 Å². The lowest BCUT2D eigenvalue weighted by Crippen LogP contribution is -2.42. The minimum Gasteiger partial charge on any atom is -0.497 e. The highest BCUT2D eigenvalue weighted by atomic mass is 16.7. The van der Waals surface area contributed by atoms with Gasteiger partial charge in [-0.3, -0.25) is 14.5 Å². The van der Waals surface area contributed by atoms with Crippen molar-refractivity contribution in [2.24, 2.45) is 5.92 Å². The van der Waals surface area contributed by atoms with Gasteiger partial charge < -0.3 is 29.0 Å². The number of carbonyl (C=O) groups is 2. The third kappa shape index (κ3) is 6.88. The van der Waals surface area contributed by atoms with Crippen LogP contribution in [0.4, 0.5) is 0 Å². The summed E-state index contributed by atoms with van der Waals surface area (Å²) >= 11 is 0. The molecule has 0 spiro atoms. The van der Waals surface area contributed by atoms with Crippen LogP contribution in [0.25, 0.3) is 0 Å². The molecule has 0 bridgehead atoms. The normalized spacial score (nSPS) is 19.9. The first-order valence-corrected chi connectivity index (χ1v) is 14.3. The Morgan fingerprint density at radius 2 is 1.73 bits per heavy atom. The van der Waals surface area contributed by atoms with Gasteiger partial charge in [0.15, 0.2) is 11.5 Å². The van der Waals surface area contributed by atoms with E-state index < -0.39 is 5.92 Å². The summed E-state index contributed by atoms with van der Waals surface area (Å²) in [6, 6.07) is 13.1. The SMILES string of the molecule is CCCCN(CCCCO)C(=O)CN1CC(c2ccc3c(c2)OCO3)C(C(=O)OCC)C1c1ccc(OC)cc1. The van der Waals surface area contributed by atoms with E-state index >= 15 is 0 Å². The second-order valence-corrected chi connectivity index (χ2v) is 10.3. The van der Waals surface area contributed by atoms with Crippen LogP contribution in [0.3, 0.4) is 0 Å². The Hall–Kier alpha value is -3.30. The van der Waals surface area contributed by atoms with E-state index in [1.54, 1.807) is 7.11 Å². The largest absolute Gasteiger partial charge is 0.497 e. The van der Waals surface area contributed by atoms with E-state index in [1.165, 1.54) is 0 Å². The summed E-state index contributed by atoms with van der Waals surface area (Å²) < 4.78 is 22.1. The molecule has 2 aliphatic rings. The first-order valence-electron chi connectivity index (χ1n) is 14.3. The molecule has 1 N–H and O–H groups in total. The Kier molecular flexibility index (Phi) is 10.7. The number of likely N-dealkylation sites (tertiary alicyclic amines) is 1. The maximum Gasteiger partial charge on any atom is 0.311 e. The van der Waals surface area contributed by atoms with Crippen molar-refractivity contribution in [2.45, 2.75) is 51.5 Å². The maximum absolute atomic E-state index is 13.7. The van der Waals surface area contributed by atoms with Crippen molar-refractivity contribution in [1.29, 1.82) is 0 Å². The molecule has 1 fully saturated rings. The van der Waals surface area contributed by atoms with Gasteiger partial charge in [-0.1, -0.05) is 31.5 Å². The highest BCUT2D eigenvalue weighted by Gasteiger charge is 2.49. The minimum absolute atomic E-state index is 0.0267. The van der Waals surface area contributed by atoms with Gasteiger partial charge in [-0.05, 0) is 61.6 Å². The molecule has 9 nitrogen and oxygen atoms in total. The zero-order valence-corrected chi connectivity index (χ0v) is 23.8. The average molecular weight is 555 g/mol. The lowest BCUT2D eigenvalue weighted by Gasteiger charge is -2.30. The minimum atomic E-state index is -0.528. The van der Waals surface area contributed by atoms with Gasteiger partial charge in [0.2, 0.25) is 12.7 Å². The molecule has 0 radical (unpaired) electrons. The number of methoxy groups -OCH3 is 1. The van der Waals surface area contributed by atoms with E-state index in [4.69, 9.17) is 18.9 Å². The van der Waals surface area contributed by atoms with Gasteiger partial charge in [0.1, 0.15) is 5.75 Å². The molecule has 2 aromatic rings. The Bertz CT molecular complexity index is 1120. The Balaban J connectivity index is 1.69. The van der Waals surface area contributed by atoms with Crippen molar-refractivity contribution >= 4 is 11.9 Å². The third-order valence-corrected chi connectivity index (χ3v) is 7.75. The number of aliphatic hydroxyl groups excluding tert-OH is 1. The van der Waals surface area contributed by atoms with E-state index in [-0.39, 0.29) is 50.4 Å². The number of fused-ring (bicyclic) bond motifs is 1. The van der Waals surface area contributed by atoms with Crippen LogP contribution in [0.5, 0.6) is 17.2 Å². The second-order valence-electron chi connectivity index (χ2n) is 10.3. The van der Waals surface area contributed by atoms with Gasteiger partial charge in [0.25, 0.3) is 0 Å². The number of hydrogen-bond acceptors (Lipinski definition) is 8. The molecule has 4 rings (SSSR count). The first kappa shape index (κ1) is 29.7. The van der Waals surface area contributed by atoms with Gasteiger partial charge in [-0.2, -0.15) is 0 Å². The number of aliphatic hydroxyl groups is 1. The Morgan fingerprint density at radius 3 is 2.42 bits per heavy atom. The van der Waals surface area contributed by atoms with Crippen LogP contribution in [-0.2, 0) is 14.3 Å². The summed E-state index contributed by atoms with van der Waals surface area (Å²) in [5.41, 5.74) is 1.87. The monoisotopic (exact) mass is 554 g/mol. The zero-order valence-electron chi connectivity index (χ0n) is 23.8. The summed E-state index contributed by atoms with van der Waals surface area (Å²) in [4.78, 5) is 31.3. The maximum atomic E-state index is 13.7. The Morgan fingerprint density at radius 1 is 1.00 bits per heavy atom. The number of rotatable bonds is 14. The van der Waals surface area contributed by atoms with E-state index in [9.17, 15) is 14.7 Å². The number of esters is 1. The highest BCUT2D eigenvalue weighted by Crippen LogP contribution is 2.48. The Labute approximate surface area is 237 Å². The number of amides is 1. The second kappa shape index (κ2) is 14.4. The molecular formula is C31H42N2O7. The summed E-state index contributed by atoms with van der Waals surface area (Å²) in [6.45, 7) is 6.43. The molecule has 9 heteroatoms. The van der Waals surface area contributed by atoms with Crippen molar-refractivity contribution < 1.29 is 33.6 Å². The molecule has 2 heterocycles. The van der Waals surface area contributed by atoms with Crippen molar-refractivity contribution in [3.05, 3.63) is 53.6 Å². The van der Waals surface area contributed by atoms with Crippen LogP contribution in [-0.4, -0.2) is 80.1 Å². The molecule has 2 aromatic carbocycles. The van der Waals surface area contributed by atoms with Gasteiger partial charge >= 0.3 is 5.97 Å². The van der Waals surface area contributed by atoms with Gasteiger partial charge in [-0.25, -0.2) is 0 Å². The molecule has 3 atom stereocenters. The lowest BCUT2D eigenvalue weighted by atomic mass is 9.82. The summed E-state index contributed by atoms with van der Waals surface area (Å²) in [7, 11) is 1.62. The van der Waals surface area contributed by atoms with Crippen molar-refractivity contribution in [1.82, 2.24) is 9.80 Å². The van der Waals surface area contributed by atoms with Crippen molar-refractivity contribution in [2.75, 3.05) is 53.3 Å². The van der Waals surface area contributed by atoms with Crippen LogP contribution in [0, 0.1) is 5.92 Å². The molecule has 218 valence electrons. The van der Waals surface area contributed by atoms with Crippen molar-refractivity contribution in [3.63, 3.8) is 0 Å². The molecule has 3 unspecified atom stereocenters. The molecule has 1 amide bonds. The molecule has 0 aliphatic carbocycles. The summed E-state index contributed by atoms with van der Waals surface area (Å²) in [5, 5.41) is 9.26. The zero-order chi connectivity index (χ0) is 28.5. The summed E-state index contributed by atoms with van der Waals surface area (Å²) in [5.74, 6) is 1.06. The molecule has 1 saturated heterocycles. The molecule has 0 saturated carbocycles. The highest BCUT2D eigenvalue weighted by molar-refractivity contribution is 5.80. The predicted octanol–water partition coefficient (Wildman–Crippen LogP) is 4.14. The van der Waals surface area contributed by atoms with Crippen LogP contribution in [0.1, 0.15) is 62.6 Å². The number of ether oxygens (including phenoxy) is 4. The van der Waals surface area contributed by atoms with Crippen LogP contribution in [0.2, 0.25) is 0 Å². The molecular weight excluding hydrogens is 512 g/mol. The standard InChI is InChI=1S/C31H42N2O7/c1-4-6-15-32(16-7-8-17-34)28(35)20-33-19-25(23-11-14-26-27(18-23)40-21-39-26)29(31(36)38-5-2)30(33)22-9-12-24(37-3)13-10-22/h9-14,18,25,29-30,34H,4-8,15-17,19-21H2,1-3H3. The van der Waals surface area contributed by atoms with Gasteiger partial charge in [0.05, 0.1) is 26.2 Å². The fourth-order valence-corrected chi connectivity index (χ4v) is 5.70. The molecule has 0 aromatic heterocycles. The van der Waals surface area contributed by atoms with E-state index in [1.807, 2.05) is 54.3 Å². The molecule has 40 heavy (non-hydrogen) atoms. The fourth-order valence-electron chi connectivity index (χ4n) is 5.70. The third-order valence-electron chi connectivity index (χ3n) is 7.75. The van der Waals surface area contributed by atoms with Gasteiger partial charge in [0, 0.05) is 38.2 Å². The topological polar surface area (TPSA) is 97.8 Å². The van der Waals surface area contributed by atoms with E-state index in [2.05, 4.69) is 11.8 Å². The number of carbonyl (C=O) groups excluding carboxylic acids is 2. The fraction of sp³-hybridized carbons (Fsp3) is 0.548. The van der Waals surface area contributed by atoms with Crippen LogP contribution in [0.15, 0.2) is 42.5 Å². The van der Waals surface area contributed by atoms with E-state index in [0.29, 0.717) is 37.6 Å². The molecule has 2 aliphatic heterocycles. The average Bonchev–Trinajstić information content (AvgIpc) is 3.59. The van der Waals surface area contributed by atoms with Crippen LogP contribution >= 0.6 is 0 Å².